The number of allylic oxidation sites excluding steroid dienone is 1. The van der Waals surface area contributed by atoms with Crippen molar-refractivity contribution in [3.63, 3.8) is 0 Å². The molecule has 0 aliphatic rings. The number of benzene rings is 1. The summed E-state index contributed by atoms with van der Waals surface area (Å²) >= 11 is 0. The lowest BCUT2D eigenvalue weighted by atomic mass is 10.2. The van der Waals surface area contributed by atoms with E-state index in [1.807, 2.05) is 19.1 Å². The number of hydrogen-bond donors (Lipinski definition) is 2. The summed E-state index contributed by atoms with van der Waals surface area (Å²) in [4.78, 5) is 11.5. The topological polar surface area (TPSA) is 79.9 Å². The van der Waals surface area contributed by atoms with Gasteiger partial charge in [-0.25, -0.2) is 4.79 Å². The van der Waals surface area contributed by atoms with Crippen molar-refractivity contribution in [1.82, 2.24) is 0 Å². The standard InChI is InChI=1S/C15H16O5/c1-2-3-4-5-9-19-14-12-10(16)7-6-8-11(12)20-15(18)13(14)17/h3-4,6-8,16-17H,2,5,9H2,1H3. The highest BCUT2D eigenvalue weighted by Gasteiger charge is 2.17. The van der Waals surface area contributed by atoms with Gasteiger partial charge in [-0.1, -0.05) is 25.1 Å². The molecular formula is C15H16O5. The lowest BCUT2D eigenvalue weighted by Gasteiger charge is -2.10. The van der Waals surface area contributed by atoms with Crippen LogP contribution in [0, 0.1) is 0 Å². The van der Waals surface area contributed by atoms with Crippen LogP contribution in [-0.4, -0.2) is 16.8 Å². The van der Waals surface area contributed by atoms with Crippen LogP contribution in [0.1, 0.15) is 19.8 Å². The average Bonchev–Trinajstić information content (AvgIpc) is 2.43. The van der Waals surface area contributed by atoms with Crippen LogP contribution in [0.2, 0.25) is 0 Å². The average molecular weight is 276 g/mol. The molecule has 0 aliphatic heterocycles. The van der Waals surface area contributed by atoms with Gasteiger partial charge < -0.3 is 19.4 Å². The molecule has 1 aromatic carbocycles. The van der Waals surface area contributed by atoms with Gasteiger partial charge in [0.15, 0.2) is 5.75 Å². The summed E-state index contributed by atoms with van der Waals surface area (Å²) in [6, 6.07) is 4.51. The lowest BCUT2D eigenvalue weighted by Crippen LogP contribution is -2.04. The van der Waals surface area contributed by atoms with Gasteiger partial charge in [0.05, 0.1) is 6.61 Å². The highest BCUT2D eigenvalue weighted by Crippen LogP contribution is 2.37. The number of fused-ring (bicyclic) bond motifs is 1. The summed E-state index contributed by atoms with van der Waals surface area (Å²) in [5, 5.41) is 19.8. The Morgan fingerprint density at radius 1 is 1.30 bits per heavy atom. The van der Waals surface area contributed by atoms with Gasteiger partial charge in [0.25, 0.3) is 0 Å². The van der Waals surface area contributed by atoms with Crippen molar-refractivity contribution < 1.29 is 19.4 Å². The quantitative estimate of drug-likeness (QED) is 0.498. The lowest BCUT2D eigenvalue weighted by molar-refractivity contribution is 0.300. The van der Waals surface area contributed by atoms with Gasteiger partial charge in [-0.2, -0.15) is 0 Å². The minimum atomic E-state index is -0.887. The van der Waals surface area contributed by atoms with E-state index in [0.717, 1.165) is 6.42 Å². The molecule has 0 saturated carbocycles. The van der Waals surface area contributed by atoms with E-state index < -0.39 is 11.4 Å². The molecule has 1 aromatic heterocycles. The number of ether oxygens (including phenoxy) is 1. The molecule has 0 saturated heterocycles. The van der Waals surface area contributed by atoms with Crippen LogP contribution < -0.4 is 10.4 Å². The monoisotopic (exact) mass is 276 g/mol. The second-order valence-electron chi connectivity index (χ2n) is 4.23. The fourth-order valence-electron chi connectivity index (χ4n) is 1.85. The third-order valence-electron chi connectivity index (χ3n) is 2.78. The maximum Gasteiger partial charge on any atom is 0.382 e. The van der Waals surface area contributed by atoms with E-state index in [1.165, 1.54) is 12.1 Å². The normalized spacial score (nSPS) is 11.2. The number of hydrogen-bond acceptors (Lipinski definition) is 5. The van der Waals surface area contributed by atoms with E-state index in [1.54, 1.807) is 6.07 Å². The molecule has 0 atom stereocenters. The Balaban J connectivity index is 2.37. The zero-order valence-corrected chi connectivity index (χ0v) is 11.1. The van der Waals surface area contributed by atoms with Gasteiger partial charge in [-0.3, -0.25) is 0 Å². The first kappa shape index (κ1) is 14.0. The fraction of sp³-hybridized carbons (Fsp3) is 0.267. The Kier molecular flexibility index (Phi) is 4.30. The molecule has 2 N–H and O–H groups in total. The summed E-state index contributed by atoms with van der Waals surface area (Å²) in [6.45, 7) is 2.31. The van der Waals surface area contributed by atoms with E-state index >= 15 is 0 Å². The summed E-state index contributed by atoms with van der Waals surface area (Å²) in [7, 11) is 0. The first-order chi connectivity index (χ1) is 9.65. The van der Waals surface area contributed by atoms with E-state index in [4.69, 9.17) is 9.15 Å². The van der Waals surface area contributed by atoms with Crippen molar-refractivity contribution in [2.45, 2.75) is 19.8 Å². The maximum atomic E-state index is 11.5. The SMILES string of the molecule is CCC=CCCOc1c(O)c(=O)oc2cccc(O)c12. The Hall–Kier alpha value is -2.43. The van der Waals surface area contributed by atoms with Crippen LogP contribution in [-0.2, 0) is 0 Å². The molecule has 106 valence electrons. The number of rotatable bonds is 5. The van der Waals surface area contributed by atoms with E-state index in [-0.39, 0.29) is 29.1 Å². The molecule has 20 heavy (non-hydrogen) atoms. The van der Waals surface area contributed by atoms with Gasteiger partial charge in [0, 0.05) is 0 Å². The van der Waals surface area contributed by atoms with Crippen LogP contribution in [0.4, 0.5) is 0 Å². The number of phenols is 1. The molecule has 0 aliphatic carbocycles. The molecule has 0 unspecified atom stereocenters. The van der Waals surface area contributed by atoms with Crippen LogP contribution in [0.3, 0.4) is 0 Å². The highest BCUT2D eigenvalue weighted by atomic mass is 16.5. The predicted molar refractivity (Wildman–Crippen MR) is 75.4 cm³/mol. The minimum Gasteiger partial charge on any atom is -0.507 e. The van der Waals surface area contributed by atoms with Crippen molar-refractivity contribution in [3.8, 4) is 17.2 Å². The molecular weight excluding hydrogens is 260 g/mol. The zero-order chi connectivity index (χ0) is 14.5. The first-order valence-corrected chi connectivity index (χ1v) is 6.40. The Morgan fingerprint density at radius 2 is 2.10 bits per heavy atom. The third kappa shape index (κ3) is 2.77. The van der Waals surface area contributed by atoms with Crippen molar-refractivity contribution >= 4 is 11.0 Å². The molecule has 2 aromatic rings. The summed E-state index contributed by atoms with van der Waals surface area (Å²) in [5.41, 5.74) is -0.714. The Bertz CT molecular complexity index is 684. The van der Waals surface area contributed by atoms with Crippen molar-refractivity contribution in [2.75, 3.05) is 6.61 Å². The van der Waals surface area contributed by atoms with Gasteiger partial charge in [-0.15, -0.1) is 0 Å². The molecule has 0 bridgehead atoms. The number of phenolic OH excluding ortho intramolecular Hbond substituents is 1. The molecule has 5 nitrogen and oxygen atoms in total. The summed E-state index contributed by atoms with van der Waals surface area (Å²) in [5.74, 6) is -0.779. The Labute approximate surface area is 115 Å². The number of aromatic hydroxyl groups is 2. The van der Waals surface area contributed by atoms with Crippen molar-refractivity contribution in [1.29, 1.82) is 0 Å². The van der Waals surface area contributed by atoms with Gasteiger partial charge in [0.2, 0.25) is 5.75 Å². The second kappa shape index (κ2) is 6.14. The maximum absolute atomic E-state index is 11.5. The molecule has 0 fully saturated rings. The molecule has 0 amide bonds. The highest BCUT2D eigenvalue weighted by molar-refractivity contribution is 5.91. The second-order valence-corrected chi connectivity index (χ2v) is 4.23. The Morgan fingerprint density at radius 3 is 2.85 bits per heavy atom. The molecule has 5 heteroatoms. The van der Waals surface area contributed by atoms with E-state index in [2.05, 4.69) is 0 Å². The van der Waals surface area contributed by atoms with Gasteiger partial charge in [0.1, 0.15) is 16.7 Å². The van der Waals surface area contributed by atoms with Crippen molar-refractivity contribution in [2.24, 2.45) is 0 Å². The minimum absolute atomic E-state index is 0.0424. The summed E-state index contributed by atoms with van der Waals surface area (Å²) in [6.07, 6.45) is 5.52. The predicted octanol–water partition coefficient (Wildman–Crippen LogP) is 2.94. The van der Waals surface area contributed by atoms with E-state index in [0.29, 0.717) is 6.42 Å². The smallest absolute Gasteiger partial charge is 0.382 e. The van der Waals surface area contributed by atoms with Crippen LogP contribution >= 0.6 is 0 Å². The molecule has 2 rings (SSSR count). The first-order valence-electron chi connectivity index (χ1n) is 6.40. The third-order valence-corrected chi connectivity index (χ3v) is 2.78. The zero-order valence-electron chi connectivity index (χ0n) is 11.1. The van der Waals surface area contributed by atoms with Gasteiger partial charge >= 0.3 is 5.63 Å². The fourth-order valence-corrected chi connectivity index (χ4v) is 1.85. The van der Waals surface area contributed by atoms with Crippen LogP contribution in [0.5, 0.6) is 17.2 Å². The van der Waals surface area contributed by atoms with Crippen molar-refractivity contribution in [3.05, 3.63) is 40.8 Å². The van der Waals surface area contributed by atoms with Crippen LogP contribution in [0.25, 0.3) is 11.0 Å². The largest absolute Gasteiger partial charge is 0.507 e. The van der Waals surface area contributed by atoms with Crippen LogP contribution in [0.15, 0.2) is 39.6 Å². The summed E-state index contributed by atoms with van der Waals surface area (Å²) < 4.78 is 10.3. The van der Waals surface area contributed by atoms with Gasteiger partial charge in [-0.05, 0) is 25.0 Å². The molecule has 0 spiro atoms. The van der Waals surface area contributed by atoms with E-state index in [9.17, 15) is 15.0 Å². The molecule has 0 radical (unpaired) electrons. The molecule has 1 heterocycles.